The molecular weight excluding hydrogens is 352 g/mol. The molecule has 0 saturated carbocycles. The fourth-order valence-electron chi connectivity index (χ4n) is 1.82. The molecule has 0 atom stereocenters. The van der Waals surface area contributed by atoms with Crippen molar-refractivity contribution in [2.24, 2.45) is 5.41 Å². The summed E-state index contributed by atoms with van der Waals surface area (Å²) in [7, 11) is 0. The lowest BCUT2D eigenvalue weighted by Crippen LogP contribution is -2.45. The Balaban J connectivity index is 1.76. The second-order valence-corrected chi connectivity index (χ2v) is 5.67. The normalized spacial score (nSPS) is 16.3. The maximum atomic E-state index is 11.0. The molecule has 0 aromatic rings. The van der Waals surface area contributed by atoms with Crippen molar-refractivity contribution in [1.82, 2.24) is 0 Å². The Bertz CT molecular complexity index is 398. The van der Waals surface area contributed by atoms with E-state index in [1.807, 2.05) is 0 Å². The van der Waals surface area contributed by atoms with E-state index < -0.39 is 5.97 Å². The minimum absolute atomic E-state index is 0.0116. The SMILES string of the molecule is CCC1(COCOCOCOCOCOCOC(=O)/C=C(/C)O)COC1. The number of aliphatic hydroxyl groups is 1. The quantitative estimate of drug-likeness (QED) is 0.138. The molecule has 0 radical (unpaired) electrons. The van der Waals surface area contributed by atoms with Crippen LogP contribution >= 0.6 is 0 Å². The molecule has 1 N–H and O–H groups in total. The van der Waals surface area contributed by atoms with Gasteiger partial charge in [-0.25, -0.2) is 4.79 Å². The summed E-state index contributed by atoms with van der Waals surface area (Å²) in [6, 6.07) is 0. The molecule has 10 nitrogen and oxygen atoms in total. The number of esters is 1. The van der Waals surface area contributed by atoms with Crippen molar-refractivity contribution in [2.45, 2.75) is 20.3 Å². The van der Waals surface area contributed by atoms with Gasteiger partial charge in [-0.15, -0.1) is 0 Å². The van der Waals surface area contributed by atoms with Crippen LogP contribution in [0, 0.1) is 5.41 Å². The van der Waals surface area contributed by atoms with E-state index in [0.29, 0.717) is 6.61 Å². The van der Waals surface area contributed by atoms with E-state index in [1.54, 1.807) is 0 Å². The molecule has 0 unspecified atom stereocenters. The summed E-state index contributed by atoms with van der Waals surface area (Å²) >= 11 is 0. The van der Waals surface area contributed by atoms with E-state index in [4.69, 9.17) is 38.3 Å². The summed E-state index contributed by atoms with van der Waals surface area (Å²) in [6.07, 6.45) is 1.95. The van der Waals surface area contributed by atoms with Crippen molar-refractivity contribution in [3.8, 4) is 0 Å². The van der Waals surface area contributed by atoms with Gasteiger partial charge in [0.05, 0.1) is 31.7 Å². The molecule has 0 amide bonds. The van der Waals surface area contributed by atoms with Gasteiger partial charge in [-0.2, -0.15) is 0 Å². The van der Waals surface area contributed by atoms with Gasteiger partial charge in [0.25, 0.3) is 0 Å². The molecular formula is C16H28O10. The molecule has 10 heteroatoms. The molecule has 0 bridgehead atoms. The zero-order valence-electron chi connectivity index (χ0n) is 15.3. The molecule has 1 rings (SSSR count). The molecule has 1 fully saturated rings. The van der Waals surface area contributed by atoms with Crippen molar-refractivity contribution in [1.29, 1.82) is 0 Å². The number of allylic oxidation sites excluding steroid dienone is 1. The molecule has 1 heterocycles. The van der Waals surface area contributed by atoms with Crippen molar-refractivity contribution in [2.75, 3.05) is 60.6 Å². The van der Waals surface area contributed by atoms with Gasteiger partial charge in [0.1, 0.15) is 6.79 Å². The average molecular weight is 380 g/mol. The van der Waals surface area contributed by atoms with Crippen molar-refractivity contribution in [3.05, 3.63) is 11.8 Å². The molecule has 0 aromatic heterocycles. The van der Waals surface area contributed by atoms with Gasteiger partial charge in [0, 0.05) is 5.41 Å². The minimum atomic E-state index is -0.704. The summed E-state index contributed by atoms with van der Waals surface area (Å²) in [5.41, 5.74) is 0.138. The van der Waals surface area contributed by atoms with Crippen LogP contribution in [0.2, 0.25) is 0 Å². The monoisotopic (exact) mass is 380 g/mol. The van der Waals surface area contributed by atoms with Crippen molar-refractivity contribution < 1.29 is 47.8 Å². The van der Waals surface area contributed by atoms with Gasteiger partial charge in [0.2, 0.25) is 0 Å². The van der Waals surface area contributed by atoms with Crippen molar-refractivity contribution >= 4 is 5.97 Å². The lowest BCUT2D eigenvalue weighted by atomic mass is 9.84. The second-order valence-electron chi connectivity index (χ2n) is 5.67. The van der Waals surface area contributed by atoms with Crippen LogP contribution in [0.5, 0.6) is 0 Å². The largest absolute Gasteiger partial charge is 0.512 e. The van der Waals surface area contributed by atoms with Crippen LogP contribution < -0.4 is 0 Å². The summed E-state index contributed by atoms with van der Waals surface area (Å²) in [5, 5.41) is 8.83. The van der Waals surface area contributed by atoms with Gasteiger partial charge < -0.3 is 43.0 Å². The highest BCUT2D eigenvalue weighted by Gasteiger charge is 2.36. The van der Waals surface area contributed by atoms with Crippen LogP contribution in [0.25, 0.3) is 0 Å². The number of ether oxygens (including phenoxy) is 8. The molecule has 0 aromatic carbocycles. The zero-order valence-corrected chi connectivity index (χ0v) is 15.3. The highest BCUT2D eigenvalue weighted by molar-refractivity contribution is 5.82. The summed E-state index contributed by atoms with van der Waals surface area (Å²) < 4.78 is 40.3. The Hall–Kier alpha value is -1.27. The first-order chi connectivity index (χ1) is 12.6. The molecule has 0 aliphatic carbocycles. The van der Waals surface area contributed by atoms with E-state index in [2.05, 4.69) is 11.7 Å². The molecule has 1 saturated heterocycles. The maximum absolute atomic E-state index is 11.0. The first-order valence-corrected chi connectivity index (χ1v) is 8.16. The van der Waals surface area contributed by atoms with Gasteiger partial charge >= 0.3 is 5.97 Å². The fraction of sp³-hybridized carbons (Fsp3) is 0.812. The third-order valence-corrected chi connectivity index (χ3v) is 3.42. The lowest BCUT2D eigenvalue weighted by Gasteiger charge is -2.40. The Morgan fingerprint density at radius 3 is 1.88 bits per heavy atom. The molecule has 1 aliphatic rings. The fourth-order valence-corrected chi connectivity index (χ4v) is 1.82. The highest BCUT2D eigenvalue weighted by Crippen LogP contribution is 2.31. The van der Waals surface area contributed by atoms with Crippen LogP contribution in [0.1, 0.15) is 20.3 Å². The Morgan fingerprint density at radius 1 is 0.962 bits per heavy atom. The van der Waals surface area contributed by atoms with Crippen LogP contribution in [0.4, 0.5) is 0 Å². The van der Waals surface area contributed by atoms with Crippen LogP contribution in [0.3, 0.4) is 0 Å². The van der Waals surface area contributed by atoms with Crippen LogP contribution in [-0.2, 0) is 42.7 Å². The number of rotatable bonds is 16. The Labute approximate surface area is 152 Å². The highest BCUT2D eigenvalue weighted by atomic mass is 16.8. The van der Waals surface area contributed by atoms with Crippen molar-refractivity contribution in [3.63, 3.8) is 0 Å². The van der Waals surface area contributed by atoms with E-state index in [1.165, 1.54) is 6.92 Å². The summed E-state index contributed by atoms with van der Waals surface area (Å²) in [4.78, 5) is 11.0. The lowest BCUT2D eigenvalue weighted by molar-refractivity contribution is -0.222. The van der Waals surface area contributed by atoms with Gasteiger partial charge in [0.15, 0.2) is 34.0 Å². The van der Waals surface area contributed by atoms with E-state index in [0.717, 1.165) is 25.7 Å². The first kappa shape index (κ1) is 22.8. The third kappa shape index (κ3) is 10.7. The smallest absolute Gasteiger partial charge is 0.336 e. The summed E-state index contributed by atoms with van der Waals surface area (Å²) in [5.74, 6) is -0.849. The third-order valence-electron chi connectivity index (χ3n) is 3.42. The standard InChI is InChI=1S/C16H28O10/c1-3-16(5-19-6-16)7-20-8-21-9-22-10-23-11-24-12-25-13-26-15(18)4-14(2)17/h4,17H,3,5-13H2,1-2H3/b14-4-. The predicted octanol–water partition coefficient (Wildman–Crippen LogP) is 1.26. The zero-order chi connectivity index (χ0) is 19.1. The maximum Gasteiger partial charge on any atom is 0.336 e. The Morgan fingerprint density at radius 2 is 1.46 bits per heavy atom. The van der Waals surface area contributed by atoms with Gasteiger partial charge in [-0.05, 0) is 13.3 Å². The van der Waals surface area contributed by atoms with Crippen LogP contribution in [0.15, 0.2) is 11.8 Å². The Kier molecular flexibility index (Phi) is 12.1. The van der Waals surface area contributed by atoms with E-state index in [-0.39, 0.29) is 51.9 Å². The first-order valence-electron chi connectivity index (χ1n) is 8.16. The number of carbonyl (C=O) groups excluding carboxylic acids is 1. The number of aliphatic hydroxyl groups excluding tert-OH is 1. The minimum Gasteiger partial charge on any atom is -0.512 e. The van der Waals surface area contributed by atoms with E-state index in [9.17, 15) is 4.79 Å². The second kappa shape index (κ2) is 13.9. The molecule has 152 valence electrons. The van der Waals surface area contributed by atoms with Gasteiger partial charge in [-0.3, -0.25) is 0 Å². The molecule has 26 heavy (non-hydrogen) atoms. The molecule has 0 spiro atoms. The number of hydrogen-bond donors (Lipinski definition) is 1. The predicted molar refractivity (Wildman–Crippen MR) is 86.6 cm³/mol. The summed E-state index contributed by atoms with van der Waals surface area (Å²) in [6.45, 7) is 5.26. The number of hydrogen-bond acceptors (Lipinski definition) is 10. The van der Waals surface area contributed by atoms with E-state index >= 15 is 0 Å². The topological polar surface area (TPSA) is 111 Å². The van der Waals surface area contributed by atoms with Crippen LogP contribution in [-0.4, -0.2) is 71.7 Å². The molecule has 1 aliphatic heterocycles. The number of carbonyl (C=O) groups is 1. The van der Waals surface area contributed by atoms with Gasteiger partial charge in [-0.1, -0.05) is 6.92 Å². The average Bonchev–Trinajstić information content (AvgIpc) is 2.56.